The normalized spacial score (nSPS) is 26.2. The average Bonchev–Trinajstić information content (AvgIpc) is 2.81. The quantitative estimate of drug-likeness (QED) is 0.659. The van der Waals surface area contributed by atoms with Crippen molar-refractivity contribution in [2.24, 2.45) is 11.8 Å². The first kappa shape index (κ1) is 14.2. The fourth-order valence-corrected chi connectivity index (χ4v) is 3.40. The lowest BCUT2D eigenvalue weighted by Gasteiger charge is -2.21. The average molecular weight is 244 g/mol. The predicted molar refractivity (Wildman–Crippen MR) is 70.8 cm³/mol. The van der Waals surface area contributed by atoms with Crippen molar-refractivity contribution in [2.45, 2.75) is 59.0 Å². The highest BCUT2D eigenvalue weighted by atomic mass is 28.4. The molecule has 2 fully saturated rings. The van der Waals surface area contributed by atoms with Gasteiger partial charge in [0.1, 0.15) is 0 Å². The van der Waals surface area contributed by atoms with Crippen molar-refractivity contribution < 1.29 is 8.85 Å². The van der Waals surface area contributed by atoms with E-state index in [-0.39, 0.29) is 0 Å². The van der Waals surface area contributed by atoms with E-state index < -0.39 is 8.56 Å². The fraction of sp³-hybridized carbons (Fsp3) is 1.00. The van der Waals surface area contributed by atoms with Crippen molar-refractivity contribution in [3.05, 3.63) is 0 Å². The lowest BCUT2D eigenvalue weighted by atomic mass is 10.0. The molecule has 2 unspecified atom stereocenters. The van der Waals surface area contributed by atoms with E-state index in [0.29, 0.717) is 0 Å². The van der Waals surface area contributed by atoms with Gasteiger partial charge in [0.15, 0.2) is 0 Å². The molecule has 2 atom stereocenters. The van der Waals surface area contributed by atoms with E-state index in [1.165, 1.54) is 11.8 Å². The third-order valence-corrected chi connectivity index (χ3v) is 5.08. The summed E-state index contributed by atoms with van der Waals surface area (Å²) in [5.74, 6) is 2.46. The third-order valence-electron chi connectivity index (χ3n) is 3.28. The molecule has 2 saturated carbocycles. The van der Waals surface area contributed by atoms with Gasteiger partial charge in [0.25, 0.3) is 0 Å². The molecule has 0 radical (unpaired) electrons. The summed E-state index contributed by atoms with van der Waals surface area (Å²) in [6.45, 7) is 10.1. The Morgan fingerprint density at radius 1 is 0.938 bits per heavy atom. The van der Waals surface area contributed by atoms with Crippen LogP contribution in [0.25, 0.3) is 0 Å². The lowest BCUT2D eigenvalue weighted by molar-refractivity contribution is 0.179. The summed E-state index contributed by atoms with van der Waals surface area (Å²) in [7, 11) is -1.75. The van der Waals surface area contributed by atoms with E-state index in [1.54, 1.807) is 19.3 Å². The summed E-state index contributed by atoms with van der Waals surface area (Å²) in [5.41, 5.74) is 0. The minimum atomic E-state index is -1.75. The molecule has 96 valence electrons. The molecule has 0 saturated heterocycles. The van der Waals surface area contributed by atoms with E-state index in [9.17, 15) is 0 Å². The maximum atomic E-state index is 5.60. The van der Waals surface area contributed by atoms with Crippen LogP contribution in [0.3, 0.4) is 0 Å². The van der Waals surface area contributed by atoms with Gasteiger partial charge in [-0.15, -0.1) is 0 Å². The monoisotopic (exact) mass is 244 g/mol. The molecule has 0 amide bonds. The van der Waals surface area contributed by atoms with Gasteiger partial charge in [-0.2, -0.15) is 0 Å². The molecule has 2 aliphatic carbocycles. The molecule has 3 heteroatoms. The second-order valence-electron chi connectivity index (χ2n) is 5.43. The van der Waals surface area contributed by atoms with E-state index in [4.69, 9.17) is 8.85 Å². The standard InChI is InChI=1S/C8H20O2Si.C5H8/c1-5-7-9-11(3,4)10-8-6-2;1-2-5-3-4(1)5/h5-8H2,1-4H3;4-5H,1-3H2. The highest BCUT2D eigenvalue weighted by Crippen LogP contribution is 2.55. The van der Waals surface area contributed by atoms with Crippen LogP contribution in [0.5, 0.6) is 0 Å². The molecule has 16 heavy (non-hydrogen) atoms. The van der Waals surface area contributed by atoms with Crippen LogP contribution in [0.2, 0.25) is 13.1 Å². The van der Waals surface area contributed by atoms with Gasteiger partial charge in [0.2, 0.25) is 0 Å². The van der Waals surface area contributed by atoms with Gasteiger partial charge >= 0.3 is 8.56 Å². The summed E-state index contributed by atoms with van der Waals surface area (Å²) in [6.07, 6.45) is 6.85. The topological polar surface area (TPSA) is 18.5 Å². The molecular formula is C13H28O2Si. The third kappa shape index (κ3) is 5.46. The zero-order valence-corrected chi connectivity index (χ0v) is 12.4. The Bertz CT molecular complexity index is 172. The second-order valence-corrected chi connectivity index (χ2v) is 8.81. The Hall–Kier alpha value is 0.137. The van der Waals surface area contributed by atoms with Crippen molar-refractivity contribution in [1.29, 1.82) is 0 Å². The first-order valence-electron chi connectivity index (χ1n) is 6.87. The van der Waals surface area contributed by atoms with Crippen molar-refractivity contribution >= 4 is 8.56 Å². The molecule has 0 aliphatic heterocycles. The van der Waals surface area contributed by atoms with Crippen LogP contribution in [0.1, 0.15) is 46.0 Å². The zero-order chi connectivity index (χ0) is 12.0. The van der Waals surface area contributed by atoms with Gasteiger partial charge in [0, 0.05) is 13.2 Å². The Morgan fingerprint density at radius 3 is 1.56 bits per heavy atom. The molecule has 0 spiro atoms. The molecule has 2 aliphatic rings. The minimum absolute atomic E-state index is 0.836. The van der Waals surface area contributed by atoms with E-state index in [0.717, 1.165) is 26.1 Å². The maximum Gasteiger partial charge on any atom is 0.331 e. The van der Waals surface area contributed by atoms with Crippen LogP contribution in [0, 0.1) is 11.8 Å². The smallest absolute Gasteiger partial charge is 0.331 e. The molecule has 0 bridgehead atoms. The van der Waals surface area contributed by atoms with Crippen LogP contribution in [0.15, 0.2) is 0 Å². The van der Waals surface area contributed by atoms with Gasteiger partial charge in [0.05, 0.1) is 0 Å². The fourth-order valence-electron chi connectivity index (χ4n) is 1.92. The van der Waals surface area contributed by atoms with Crippen molar-refractivity contribution in [3.63, 3.8) is 0 Å². The van der Waals surface area contributed by atoms with Gasteiger partial charge in [-0.05, 0) is 57.0 Å². The van der Waals surface area contributed by atoms with Crippen molar-refractivity contribution in [3.8, 4) is 0 Å². The number of hydrogen-bond acceptors (Lipinski definition) is 2. The molecule has 0 aromatic heterocycles. The van der Waals surface area contributed by atoms with E-state index in [2.05, 4.69) is 26.9 Å². The molecule has 2 nitrogen and oxygen atoms in total. The van der Waals surface area contributed by atoms with Crippen LogP contribution < -0.4 is 0 Å². The SMILES string of the molecule is C1CC2CC12.CCCO[Si](C)(C)OCCC. The zero-order valence-electron chi connectivity index (χ0n) is 11.4. The first-order valence-corrected chi connectivity index (χ1v) is 9.68. The van der Waals surface area contributed by atoms with Gasteiger partial charge < -0.3 is 8.85 Å². The molecule has 0 aromatic rings. The van der Waals surface area contributed by atoms with Crippen molar-refractivity contribution in [1.82, 2.24) is 0 Å². The van der Waals surface area contributed by atoms with Gasteiger partial charge in [-0.3, -0.25) is 0 Å². The molecule has 0 aromatic carbocycles. The van der Waals surface area contributed by atoms with Crippen molar-refractivity contribution in [2.75, 3.05) is 13.2 Å². The van der Waals surface area contributed by atoms with Crippen LogP contribution in [-0.2, 0) is 8.85 Å². The summed E-state index contributed by atoms with van der Waals surface area (Å²) >= 11 is 0. The maximum absolute atomic E-state index is 5.60. The Morgan fingerprint density at radius 2 is 1.38 bits per heavy atom. The highest BCUT2D eigenvalue weighted by Gasteiger charge is 2.44. The van der Waals surface area contributed by atoms with E-state index >= 15 is 0 Å². The Kier molecular flexibility index (Phi) is 6.01. The Labute approximate surface area is 102 Å². The summed E-state index contributed by atoms with van der Waals surface area (Å²) in [5, 5.41) is 0. The van der Waals surface area contributed by atoms with Crippen LogP contribution >= 0.6 is 0 Å². The Balaban J connectivity index is 0.000000204. The van der Waals surface area contributed by atoms with Gasteiger partial charge in [-0.1, -0.05) is 13.8 Å². The predicted octanol–water partition coefficient (Wildman–Crippen LogP) is 3.96. The summed E-state index contributed by atoms with van der Waals surface area (Å²) in [6, 6.07) is 0. The first-order chi connectivity index (χ1) is 7.59. The van der Waals surface area contributed by atoms with E-state index in [1.807, 2.05) is 0 Å². The molecule has 0 heterocycles. The summed E-state index contributed by atoms with van der Waals surface area (Å²) < 4.78 is 11.2. The van der Waals surface area contributed by atoms with Gasteiger partial charge in [-0.25, -0.2) is 0 Å². The van der Waals surface area contributed by atoms with Crippen LogP contribution in [0.4, 0.5) is 0 Å². The number of fused-ring (bicyclic) bond motifs is 1. The highest BCUT2D eigenvalue weighted by molar-refractivity contribution is 6.64. The molecular weight excluding hydrogens is 216 g/mol. The second kappa shape index (κ2) is 6.77. The number of rotatable bonds is 6. The molecule has 0 N–H and O–H groups in total. The number of hydrogen-bond donors (Lipinski definition) is 0. The largest absolute Gasteiger partial charge is 0.395 e. The minimum Gasteiger partial charge on any atom is -0.395 e. The lowest BCUT2D eigenvalue weighted by Crippen LogP contribution is -2.35. The van der Waals surface area contributed by atoms with Crippen LogP contribution in [-0.4, -0.2) is 21.8 Å². The molecule has 2 rings (SSSR count). The summed E-state index contributed by atoms with van der Waals surface area (Å²) in [4.78, 5) is 0.